The molecule has 0 saturated heterocycles. The molecule has 122 valence electrons. The Morgan fingerprint density at radius 3 is 2.42 bits per heavy atom. The van der Waals surface area contributed by atoms with E-state index < -0.39 is 0 Å². The zero-order chi connectivity index (χ0) is 16.9. The van der Waals surface area contributed by atoms with E-state index in [9.17, 15) is 9.59 Å². The van der Waals surface area contributed by atoms with Gasteiger partial charge < -0.3 is 4.90 Å². The lowest BCUT2D eigenvalue weighted by Crippen LogP contribution is -2.28. The van der Waals surface area contributed by atoms with Gasteiger partial charge in [-0.15, -0.1) is 0 Å². The molecule has 2 heterocycles. The minimum absolute atomic E-state index is 0.0261. The molecule has 1 aliphatic heterocycles. The molecule has 1 aromatic heterocycles. The average Bonchev–Trinajstić information content (AvgIpc) is 2.61. The van der Waals surface area contributed by atoms with Gasteiger partial charge in [0.25, 0.3) is 0 Å². The maximum absolute atomic E-state index is 12.0. The highest BCUT2D eigenvalue weighted by Crippen LogP contribution is 2.20. The van der Waals surface area contributed by atoms with Crippen molar-refractivity contribution in [2.45, 2.75) is 26.3 Å². The van der Waals surface area contributed by atoms with Gasteiger partial charge >= 0.3 is 0 Å². The van der Waals surface area contributed by atoms with Gasteiger partial charge in [0.15, 0.2) is 0 Å². The van der Waals surface area contributed by atoms with Crippen LogP contribution >= 0.6 is 0 Å². The third-order valence-corrected chi connectivity index (χ3v) is 3.89. The average molecular weight is 322 g/mol. The number of hydrogen-bond acceptors (Lipinski definition) is 4. The van der Waals surface area contributed by atoms with Crippen LogP contribution in [0.25, 0.3) is 0 Å². The van der Waals surface area contributed by atoms with E-state index >= 15 is 0 Å². The molecule has 2 amide bonds. The van der Waals surface area contributed by atoms with E-state index in [0.717, 1.165) is 22.5 Å². The molecule has 0 saturated carbocycles. The smallest absolute Gasteiger partial charge is 0.240 e. The standard InChI is InChI=1S/C18H18N4O2/c1-13(23)22(12-14-8-10-19-11-9-14)16-4-2-15(3-5-16)17-6-7-18(24)21-20-17/h2-5,8-11H,6-7,12H2,1H3,(H,21,24). The summed E-state index contributed by atoms with van der Waals surface area (Å²) in [6.07, 6.45) is 4.50. The third-order valence-electron chi connectivity index (χ3n) is 3.89. The highest BCUT2D eigenvalue weighted by atomic mass is 16.2. The second-order valence-corrected chi connectivity index (χ2v) is 5.60. The summed E-state index contributed by atoms with van der Waals surface area (Å²) in [6.45, 7) is 2.05. The summed E-state index contributed by atoms with van der Waals surface area (Å²) in [7, 11) is 0. The van der Waals surface area contributed by atoms with Crippen LogP contribution in [-0.2, 0) is 16.1 Å². The molecular weight excluding hydrogens is 304 g/mol. The van der Waals surface area contributed by atoms with Crippen molar-refractivity contribution in [3.63, 3.8) is 0 Å². The van der Waals surface area contributed by atoms with Crippen molar-refractivity contribution in [2.75, 3.05) is 4.90 Å². The van der Waals surface area contributed by atoms with E-state index in [-0.39, 0.29) is 11.8 Å². The first-order chi connectivity index (χ1) is 11.6. The van der Waals surface area contributed by atoms with Gasteiger partial charge in [0.1, 0.15) is 0 Å². The van der Waals surface area contributed by atoms with Crippen LogP contribution in [0.5, 0.6) is 0 Å². The third kappa shape index (κ3) is 3.65. The number of rotatable bonds is 4. The van der Waals surface area contributed by atoms with Gasteiger partial charge in [0.05, 0.1) is 12.3 Å². The topological polar surface area (TPSA) is 74.7 Å². The van der Waals surface area contributed by atoms with Crippen LogP contribution in [0.3, 0.4) is 0 Å². The van der Waals surface area contributed by atoms with Crippen LogP contribution < -0.4 is 10.3 Å². The van der Waals surface area contributed by atoms with E-state index in [2.05, 4.69) is 15.5 Å². The summed E-state index contributed by atoms with van der Waals surface area (Å²) in [4.78, 5) is 28.9. The minimum Gasteiger partial charge on any atom is -0.308 e. The van der Waals surface area contributed by atoms with Crippen LogP contribution in [0.1, 0.15) is 30.9 Å². The Labute approximate surface area is 140 Å². The first-order valence-electron chi connectivity index (χ1n) is 7.76. The van der Waals surface area contributed by atoms with Crippen LogP contribution in [-0.4, -0.2) is 22.5 Å². The SMILES string of the molecule is CC(=O)N(Cc1ccncc1)c1ccc(C2=NNC(=O)CC2)cc1. The number of carbonyl (C=O) groups excluding carboxylic acids is 2. The van der Waals surface area contributed by atoms with Gasteiger partial charge in [-0.05, 0) is 35.4 Å². The van der Waals surface area contributed by atoms with Crippen molar-refractivity contribution >= 4 is 23.2 Å². The summed E-state index contributed by atoms with van der Waals surface area (Å²) in [5.41, 5.74) is 6.14. The fourth-order valence-corrected chi connectivity index (χ4v) is 2.57. The number of hydrogen-bond donors (Lipinski definition) is 1. The number of anilines is 1. The van der Waals surface area contributed by atoms with Gasteiger partial charge in [0, 0.05) is 37.8 Å². The highest BCUT2D eigenvalue weighted by Gasteiger charge is 2.15. The second-order valence-electron chi connectivity index (χ2n) is 5.60. The van der Waals surface area contributed by atoms with Gasteiger partial charge in [-0.3, -0.25) is 14.6 Å². The molecule has 0 radical (unpaired) electrons. The van der Waals surface area contributed by atoms with Gasteiger partial charge in [0.2, 0.25) is 11.8 Å². The lowest BCUT2D eigenvalue weighted by Gasteiger charge is -2.22. The first kappa shape index (κ1) is 15.9. The van der Waals surface area contributed by atoms with Gasteiger partial charge in [-0.25, -0.2) is 5.43 Å². The van der Waals surface area contributed by atoms with E-state index in [1.165, 1.54) is 0 Å². The zero-order valence-corrected chi connectivity index (χ0v) is 13.4. The molecule has 24 heavy (non-hydrogen) atoms. The van der Waals surface area contributed by atoms with Crippen LogP contribution in [0, 0.1) is 0 Å². The van der Waals surface area contributed by atoms with E-state index in [4.69, 9.17) is 0 Å². The number of carbonyl (C=O) groups is 2. The van der Waals surface area contributed by atoms with Gasteiger partial charge in [-0.1, -0.05) is 12.1 Å². The molecule has 6 heteroatoms. The summed E-state index contributed by atoms with van der Waals surface area (Å²) >= 11 is 0. The molecular formula is C18H18N4O2. The molecule has 0 fully saturated rings. The van der Waals surface area contributed by atoms with Crippen molar-refractivity contribution in [3.05, 3.63) is 59.9 Å². The Bertz CT molecular complexity index is 769. The van der Waals surface area contributed by atoms with E-state index in [1.54, 1.807) is 24.2 Å². The number of nitrogens with one attached hydrogen (secondary N) is 1. The number of pyridine rings is 1. The van der Waals surface area contributed by atoms with E-state index in [1.807, 2.05) is 36.4 Å². The summed E-state index contributed by atoms with van der Waals surface area (Å²) in [5.74, 6) is -0.0858. The molecule has 3 rings (SSSR count). The fraction of sp³-hybridized carbons (Fsp3) is 0.222. The number of hydrazone groups is 1. The fourth-order valence-electron chi connectivity index (χ4n) is 2.57. The molecule has 0 spiro atoms. The second kappa shape index (κ2) is 7.04. The summed E-state index contributed by atoms with van der Waals surface area (Å²) in [6, 6.07) is 11.4. The minimum atomic E-state index is -0.0597. The summed E-state index contributed by atoms with van der Waals surface area (Å²) in [5, 5.41) is 4.09. The number of benzene rings is 1. The van der Waals surface area contributed by atoms with E-state index in [0.29, 0.717) is 19.4 Å². The Kier molecular flexibility index (Phi) is 4.65. The molecule has 6 nitrogen and oxygen atoms in total. The van der Waals surface area contributed by atoms with Crippen LogP contribution in [0.4, 0.5) is 5.69 Å². The summed E-state index contributed by atoms with van der Waals surface area (Å²) < 4.78 is 0. The van der Waals surface area contributed by atoms with Crippen molar-refractivity contribution in [3.8, 4) is 0 Å². The molecule has 0 bridgehead atoms. The predicted octanol–water partition coefficient (Wildman–Crippen LogP) is 2.25. The number of amides is 2. The monoisotopic (exact) mass is 322 g/mol. The van der Waals surface area contributed by atoms with Crippen molar-refractivity contribution in [2.24, 2.45) is 5.10 Å². The Hall–Kier alpha value is -3.02. The van der Waals surface area contributed by atoms with Crippen molar-refractivity contribution in [1.82, 2.24) is 10.4 Å². The Morgan fingerprint density at radius 2 is 1.83 bits per heavy atom. The quantitative estimate of drug-likeness (QED) is 0.938. The lowest BCUT2D eigenvalue weighted by atomic mass is 10.0. The first-order valence-corrected chi connectivity index (χ1v) is 7.76. The van der Waals surface area contributed by atoms with Crippen molar-refractivity contribution in [1.29, 1.82) is 0 Å². The molecule has 0 unspecified atom stereocenters. The lowest BCUT2D eigenvalue weighted by molar-refractivity contribution is -0.121. The zero-order valence-electron chi connectivity index (χ0n) is 13.4. The Morgan fingerprint density at radius 1 is 1.12 bits per heavy atom. The van der Waals surface area contributed by atoms with Crippen LogP contribution in [0.2, 0.25) is 0 Å². The number of nitrogens with zero attached hydrogens (tertiary/aromatic N) is 3. The molecule has 2 aromatic rings. The molecule has 0 atom stereocenters. The van der Waals surface area contributed by atoms with Crippen LogP contribution in [0.15, 0.2) is 53.9 Å². The largest absolute Gasteiger partial charge is 0.308 e. The predicted molar refractivity (Wildman–Crippen MR) is 91.5 cm³/mol. The van der Waals surface area contributed by atoms with Gasteiger partial charge in [-0.2, -0.15) is 5.10 Å². The molecule has 1 aliphatic rings. The molecule has 1 aromatic carbocycles. The maximum Gasteiger partial charge on any atom is 0.240 e. The maximum atomic E-state index is 12.0. The molecule has 0 aliphatic carbocycles. The highest BCUT2D eigenvalue weighted by molar-refractivity contribution is 6.04. The normalized spacial score (nSPS) is 13.9. The number of aromatic nitrogens is 1. The Balaban J connectivity index is 1.79. The van der Waals surface area contributed by atoms with Crippen molar-refractivity contribution < 1.29 is 9.59 Å². The molecule has 1 N–H and O–H groups in total.